The van der Waals surface area contributed by atoms with Gasteiger partial charge < -0.3 is 10.8 Å². The quantitative estimate of drug-likeness (QED) is 0.417. The maximum absolute atomic E-state index is 11.5. The lowest BCUT2D eigenvalue weighted by molar-refractivity contribution is 0.0703. The summed E-state index contributed by atoms with van der Waals surface area (Å²) in [5.41, 5.74) is 9.66. The Hall–Kier alpha value is -2.60. The molecule has 0 aliphatic carbocycles. The number of nitrogens with zero attached hydrogens (tertiary/aromatic N) is 1. The highest BCUT2D eigenvalue weighted by atomic mass is 35.5. The first kappa shape index (κ1) is 17.8. The molecule has 0 radical (unpaired) electrons. The van der Waals surface area contributed by atoms with Crippen LogP contribution in [0.3, 0.4) is 0 Å². The highest BCUT2D eigenvalue weighted by molar-refractivity contribution is 7.21. The minimum absolute atomic E-state index is 0.0842. The van der Waals surface area contributed by atoms with Gasteiger partial charge in [-0.05, 0) is 41.5 Å². The van der Waals surface area contributed by atoms with E-state index in [-0.39, 0.29) is 10.6 Å². The number of carboxylic acids is 1. The van der Waals surface area contributed by atoms with Crippen LogP contribution >= 0.6 is 34.5 Å². The molecule has 0 bridgehead atoms. The van der Waals surface area contributed by atoms with Crippen molar-refractivity contribution in [1.82, 2.24) is 4.98 Å². The Morgan fingerprint density at radius 1 is 0.963 bits per heavy atom. The van der Waals surface area contributed by atoms with Crippen LogP contribution in [0, 0.1) is 0 Å². The first-order valence-corrected chi connectivity index (χ1v) is 9.49. The van der Waals surface area contributed by atoms with Crippen LogP contribution in [-0.4, -0.2) is 16.1 Å². The number of carboxylic acid groups (broad SMARTS) is 1. The number of pyridine rings is 1. The van der Waals surface area contributed by atoms with E-state index < -0.39 is 5.97 Å². The van der Waals surface area contributed by atoms with Gasteiger partial charge in [-0.1, -0.05) is 47.5 Å². The minimum Gasteiger partial charge on any atom is -0.477 e. The summed E-state index contributed by atoms with van der Waals surface area (Å²) in [6.07, 6.45) is 0. The SMILES string of the molecule is Nc1c(C(=O)O)sc2nc(-c3ccc(Cl)cc3)cc(-c3ccc(Cl)cc3)c12. The predicted octanol–water partition coefficient (Wildman–Crippen LogP) is 6.22. The summed E-state index contributed by atoms with van der Waals surface area (Å²) in [6, 6.07) is 16.5. The van der Waals surface area contributed by atoms with E-state index in [4.69, 9.17) is 28.9 Å². The fourth-order valence-electron chi connectivity index (χ4n) is 2.91. The number of fused-ring (bicyclic) bond motifs is 1. The number of nitrogens with two attached hydrogens (primary N) is 1. The summed E-state index contributed by atoms with van der Waals surface area (Å²) >= 11 is 13.1. The number of rotatable bonds is 3. The molecule has 3 N–H and O–H groups in total. The van der Waals surface area contributed by atoms with Gasteiger partial charge in [-0.15, -0.1) is 11.3 Å². The van der Waals surface area contributed by atoms with Crippen molar-refractivity contribution in [3.8, 4) is 22.4 Å². The number of anilines is 1. The fraction of sp³-hybridized carbons (Fsp3) is 0. The zero-order chi connectivity index (χ0) is 19.1. The van der Waals surface area contributed by atoms with Crippen molar-refractivity contribution in [3.63, 3.8) is 0 Å². The van der Waals surface area contributed by atoms with E-state index in [1.54, 1.807) is 24.3 Å². The standard InChI is InChI=1S/C20H12Cl2N2O2S/c21-12-5-1-10(2-6-12)14-9-15(11-3-7-13(22)8-4-11)24-19-16(14)17(23)18(27-19)20(25)26/h1-9H,23H2,(H,25,26). The molecule has 27 heavy (non-hydrogen) atoms. The molecule has 134 valence electrons. The molecule has 4 aromatic rings. The summed E-state index contributed by atoms with van der Waals surface area (Å²) in [5, 5.41) is 11.3. The molecule has 0 aliphatic heterocycles. The summed E-state index contributed by atoms with van der Waals surface area (Å²) in [7, 11) is 0. The molecular weight excluding hydrogens is 403 g/mol. The average Bonchev–Trinajstić information content (AvgIpc) is 2.99. The summed E-state index contributed by atoms with van der Waals surface area (Å²) in [4.78, 5) is 16.9. The Morgan fingerprint density at radius 3 is 2.07 bits per heavy atom. The van der Waals surface area contributed by atoms with Crippen LogP contribution in [0.2, 0.25) is 10.0 Å². The Morgan fingerprint density at radius 2 is 1.52 bits per heavy atom. The smallest absolute Gasteiger partial charge is 0.348 e. The molecule has 0 unspecified atom stereocenters. The van der Waals surface area contributed by atoms with Gasteiger partial charge in [0.2, 0.25) is 0 Å². The third kappa shape index (κ3) is 3.25. The van der Waals surface area contributed by atoms with E-state index in [1.807, 2.05) is 30.3 Å². The molecule has 7 heteroatoms. The molecule has 0 amide bonds. The highest BCUT2D eigenvalue weighted by Gasteiger charge is 2.21. The van der Waals surface area contributed by atoms with Crippen molar-refractivity contribution >= 4 is 56.4 Å². The number of benzene rings is 2. The minimum atomic E-state index is -1.06. The van der Waals surface area contributed by atoms with Crippen molar-refractivity contribution in [2.45, 2.75) is 0 Å². The lowest BCUT2D eigenvalue weighted by Crippen LogP contribution is -1.97. The van der Waals surface area contributed by atoms with E-state index >= 15 is 0 Å². The van der Waals surface area contributed by atoms with Gasteiger partial charge in [0.1, 0.15) is 9.71 Å². The lowest BCUT2D eigenvalue weighted by Gasteiger charge is -2.09. The summed E-state index contributed by atoms with van der Waals surface area (Å²) in [6.45, 7) is 0. The van der Waals surface area contributed by atoms with Gasteiger partial charge in [0.15, 0.2) is 0 Å². The molecule has 0 fully saturated rings. The van der Waals surface area contributed by atoms with E-state index in [0.29, 0.717) is 26.0 Å². The molecule has 2 aromatic heterocycles. The number of nitrogen functional groups attached to an aromatic ring is 1. The maximum atomic E-state index is 11.5. The Labute approximate surface area is 168 Å². The van der Waals surface area contributed by atoms with Gasteiger partial charge in [-0.3, -0.25) is 0 Å². The van der Waals surface area contributed by atoms with Gasteiger partial charge >= 0.3 is 5.97 Å². The third-order valence-electron chi connectivity index (χ3n) is 4.19. The van der Waals surface area contributed by atoms with Crippen molar-refractivity contribution in [3.05, 3.63) is 69.5 Å². The van der Waals surface area contributed by atoms with Crippen molar-refractivity contribution < 1.29 is 9.90 Å². The second-order valence-corrected chi connectivity index (χ2v) is 7.77. The van der Waals surface area contributed by atoms with Gasteiger partial charge in [-0.25, -0.2) is 9.78 Å². The van der Waals surface area contributed by atoms with E-state index in [1.165, 1.54) is 0 Å². The van der Waals surface area contributed by atoms with Crippen LogP contribution in [0.25, 0.3) is 32.6 Å². The molecule has 0 aliphatic rings. The second-order valence-electron chi connectivity index (χ2n) is 5.90. The Kier molecular flexibility index (Phi) is 4.52. The summed E-state index contributed by atoms with van der Waals surface area (Å²) in [5.74, 6) is -1.06. The Balaban J connectivity index is 2.03. The van der Waals surface area contributed by atoms with Gasteiger partial charge in [0, 0.05) is 21.0 Å². The number of thiophene rings is 1. The van der Waals surface area contributed by atoms with Gasteiger partial charge in [0.05, 0.1) is 11.4 Å². The first-order valence-electron chi connectivity index (χ1n) is 7.92. The lowest BCUT2D eigenvalue weighted by atomic mass is 9.99. The van der Waals surface area contributed by atoms with E-state index in [9.17, 15) is 9.90 Å². The number of hydrogen-bond acceptors (Lipinski definition) is 4. The summed E-state index contributed by atoms with van der Waals surface area (Å²) < 4.78 is 0. The number of halogens is 2. The monoisotopic (exact) mass is 414 g/mol. The molecule has 0 atom stereocenters. The van der Waals surface area contributed by atoms with Crippen LogP contribution in [-0.2, 0) is 0 Å². The average molecular weight is 415 g/mol. The zero-order valence-corrected chi connectivity index (χ0v) is 16.1. The molecule has 0 saturated carbocycles. The molecule has 4 rings (SSSR count). The number of carbonyl (C=O) groups is 1. The molecule has 0 saturated heterocycles. The van der Waals surface area contributed by atoms with Crippen LogP contribution in [0.15, 0.2) is 54.6 Å². The second kappa shape index (κ2) is 6.85. The van der Waals surface area contributed by atoms with Crippen molar-refractivity contribution in [1.29, 1.82) is 0 Å². The topological polar surface area (TPSA) is 76.2 Å². The van der Waals surface area contributed by atoms with Gasteiger partial charge in [0.25, 0.3) is 0 Å². The van der Waals surface area contributed by atoms with Crippen molar-refractivity contribution in [2.24, 2.45) is 0 Å². The normalized spacial score (nSPS) is 11.0. The zero-order valence-electron chi connectivity index (χ0n) is 13.7. The molecular formula is C20H12Cl2N2O2S. The first-order chi connectivity index (χ1) is 12.9. The fourth-order valence-corrected chi connectivity index (χ4v) is 4.12. The Bertz CT molecular complexity index is 1170. The highest BCUT2D eigenvalue weighted by Crippen LogP contribution is 2.41. The van der Waals surface area contributed by atoms with E-state index in [2.05, 4.69) is 4.98 Å². The van der Waals surface area contributed by atoms with Crippen LogP contribution in [0.5, 0.6) is 0 Å². The van der Waals surface area contributed by atoms with Crippen molar-refractivity contribution in [2.75, 3.05) is 5.73 Å². The van der Waals surface area contributed by atoms with Crippen LogP contribution in [0.4, 0.5) is 5.69 Å². The predicted molar refractivity (Wildman–Crippen MR) is 112 cm³/mol. The van der Waals surface area contributed by atoms with E-state index in [0.717, 1.165) is 28.0 Å². The number of aromatic carboxylic acids is 1. The molecule has 4 nitrogen and oxygen atoms in total. The number of hydrogen-bond donors (Lipinski definition) is 2. The van der Waals surface area contributed by atoms with Crippen LogP contribution < -0.4 is 5.73 Å². The van der Waals surface area contributed by atoms with Gasteiger partial charge in [-0.2, -0.15) is 0 Å². The maximum Gasteiger partial charge on any atom is 0.348 e. The van der Waals surface area contributed by atoms with Crippen LogP contribution in [0.1, 0.15) is 9.67 Å². The molecule has 0 spiro atoms. The molecule has 2 heterocycles. The largest absolute Gasteiger partial charge is 0.477 e. The third-order valence-corrected chi connectivity index (χ3v) is 5.78. The molecule has 2 aromatic carbocycles. The number of aromatic nitrogens is 1.